The predicted octanol–water partition coefficient (Wildman–Crippen LogP) is 4.51. The number of hydrogen-bond acceptors (Lipinski definition) is 2. The summed E-state index contributed by atoms with van der Waals surface area (Å²) in [4.78, 5) is 11.9. The summed E-state index contributed by atoms with van der Waals surface area (Å²) in [5.74, 6) is 0.00547. The number of carbonyl (C=O) groups is 1. The second-order valence-electron chi connectivity index (χ2n) is 5.06. The number of halogens is 1. The predicted molar refractivity (Wildman–Crippen MR) is 91.8 cm³/mol. The van der Waals surface area contributed by atoms with E-state index in [-0.39, 0.29) is 5.91 Å². The number of carbonyl (C=O) groups excluding carboxylic acids is 1. The number of amides is 1. The Morgan fingerprint density at radius 2 is 1.90 bits per heavy atom. The summed E-state index contributed by atoms with van der Waals surface area (Å²) in [6, 6.07) is 13.9. The lowest BCUT2D eigenvalue weighted by Crippen LogP contribution is -2.16. The van der Waals surface area contributed by atoms with Crippen molar-refractivity contribution in [3.8, 4) is 0 Å². The van der Waals surface area contributed by atoms with Crippen molar-refractivity contribution in [1.29, 1.82) is 0 Å². The molecular weight excluding hydrogens is 328 g/mol. The van der Waals surface area contributed by atoms with Crippen molar-refractivity contribution in [2.45, 2.75) is 20.3 Å². The van der Waals surface area contributed by atoms with Gasteiger partial charge >= 0.3 is 0 Å². The van der Waals surface area contributed by atoms with Crippen molar-refractivity contribution in [2.75, 3.05) is 17.2 Å². The Bertz CT molecular complexity index is 640. The Kier molecular flexibility index (Phi) is 5.39. The topological polar surface area (TPSA) is 41.1 Å². The number of rotatable bonds is 5. The van der Waals surface area contributed by atoms with Gasteiger partial charge in [-0.2, -0.15) is 0 Å². The Morgan fingerprint density at radius 1 is 1.10 bits per heavy atom. The van der Waals surface area contributed by atoms with Crippen LogP contribution < -0.4 is 10.6 Å². The molecule has 0 radical (unpaired) electrons. The number of hydrogen-bond donors (Lipinski definition) is 2. The summed E-state index contributed by atoms with van der Waals surface area (Å²) >= 11 is 3.46. The standard InChI is InChI=1S/C17H19BrN2O/c1-12-4-3-5-14(10-12)19-9-8-17(21)20-15-7-6-13(2)16(18)11-15/h3-7,10-11,19H,8-9H2,1-2H3,(H,20,21). The molecule has 0 atom stereocenters. The zero-order valence-electron chi connectivity index (χ0n) is 12.2. The van der Waals surface area contributed by atoms with Gasteiger partial charge in [-0.15, -0.1) is 0 Å². The zero-order chi connectivity index (χ0) is 15.2. The van der Waals surface area contributed by atoms with E-state index in [0.29, 0.717) is 13.0 Å². The summed E-state index contributed by atoms with van der Waals surface area (Å²) in [6.07, 6.45) is 0.430. The highest BCUT2D eigenvalue weighted by Crippen LogP contribution is 2.20. The summed E-state index contributed by atoms with van der Waals surface area (Å²) in [7, 11) is 0. The molecule has 21 heavy (non-hydrogen) atoms. The van der Waals surface area contributed by atoms with Crippen LogP contribution in [0.25, 0.3) is 0 Å². The molecule has 4 heteroatoms. The van der Waals surface area contributed by atoms with E-state index in [1.807, 2.05) is 50.2 Å². The highest BCUT2D eigenvalue weighted by molar-refractivity contribution is 9.10. The second-order valence-corrected chi connectivity index (χ2v) is 5.91. The minimum absolute atomic E-state index is 0.00547. The molecule has 0 heterocycles. The van der Waals surface area contributed by atoms with Crippen LogP contribution in [-0.2, 0) is 4.79 Å². The van der Waals surface area contributed by atoms with Gasteiger partial charge in [0.05, 0.1) is 0 Å². The molecule has 110 valence electrons. The van der Waals surface area contributed by atoms with Gasteiger partial charge in [0.15, 0.2) is 0 Å². The van der Waals surface area contributed by atoms with E-state index in [1.54, 1.807) is 0 Å². The molecule has 2 N–H and O–H groups in total. The molecule has 0 saturated heterocycles. The SMILES string of the molecule is Cc1cccc(NCCC(=O)Nc2ccc(C)c(Br)c2)c1. The van der Waals surface area contributed by atoms with Gasteiger partial charge in [-0.3, -0.25) is 4.79 Å². The number of nitrogens with one attached hydrogen (secondary N) is 2. The minimum Gasteiger partial charge on any atom is -0.385 e. The first kappa shape index (κ1) is 15.6. The Labute approximate surface area is 133 Å². The molecule has 0 aliphatic carbocycles. The van der Waals surface area contributed by atoms with Gasteiger partial charge in [0, 0.05) is 28.8 Å². The summed E-state index contributed by atoms with van der Waals surface area (Å²) in [6.45, 7) is 4.68. The quantitative estimate of drug-likeness (QED) is 0.836. The molecule has 0 unspecified atom stereocenters. The van der Waals surface area contributed by atoms with Gasteiger partial charge in [0.1, 0.15) is 0 Å². The van der Waals surface area contributed by atoms with Crippen molar-refractivity contribution in [1.82, 2.24) is 0 Å². The first-order chi connectivity index (χ1) is 10.0. The van der Waals surface area contributed by atoms with Gasteiger partial charge in [-0.25, -0.2) is 0 Å². The van der Waals surface area contributed by atoms with Crippen LogP contribution in [0.5, 0.6) is 0 Å². The third kappa shape index (κ3) is 4.90. The van der Waals surface area contributed by atoms with E-state index < -0.39 is 0 Å². The highest BCUT2D eigenvalue weighted by atomic mass is 79.9. The molecule has 2 rings (SSSR count). The molecule has 0 aromatic heterocycles. The molecular formula is C17H19BrN2O. The normalized spacial score (nSPS) is 10.2. The molecule has 0 aliphatic rings. The molecule has 2 aromatic carbocycles. The highest BCUT2D eigenvalue weighted by Gasteiger charge is 2.04. The third-order valence-electron chi connectivity index (χ3n) is 3.15. The van der Waals surface area contributed by atoms with E-state index in [2.05, 4.69) is 32.6 Å². The lowest BCUT2D eigenvalue weighted by atomic mass is 10.2. The molecule has 0 bridgehead atoms. The van der Waals surface area contributed by atoms with Crippen molar-refractivity contribution in [2.24, 2.45) is 0 Å². The average molecular weight is 347 g/mol. The van der Waals surface area contributed by atoms with E-state index >= 15 is 0 Å². The van der Waals surface area contributed by atoms with Crippen molar-refractivity contribution >= 4 is 33.2 Å². The lowest BCUT2D eigenvalue weighted by molar-refractivity contribution is -0.115. The van der Waals surface area contributed by atoms with Crippen molar-refractivity contribution in [3.63, 3.8) is 0 Å². The maximum Gasteiger partial charge on any atom is 0.226 e. The number of aryl methyl sites for hydroxylation is 2. The van der Waals surface area contributed by atoms with Gasteiger partial charge in [-0.1, -0.05) is 34.1 Å². The van der Waals surface area contributed by atoms with Gasteiger partial charge in [0.2, 0.25) is 5.91 Å². The molecule has 2 aromatic rings. The fraction of sp³-hybridized carbons (Fsp3) is 0.235. The summed E-state index contributed by atoms with van der Waals surface area (Å²) in [5, 5.41) is 6.15. The van der Waals surface area contributed by atoms with E-state index in [4.69, 9.17) is 0 Å². The Hall–Kier alpha value is -1.81. The van der Waals surface area contributed by atoms with Crippen LogP contribution in [0, 0.1) is 13.8 Å². The van der Waals surface area contributed by atoms with Crippen molar-refractivity contribution in [3.05, 3.63) is 58.1 Å². The molecule has 0 aliphatic heterocycles. The fourth-order valence-electron chi connectivity index (χ4n) is 1.97. The monoisotopic (exact) mass is 346 g/mol. The molecule has 0 saturated carbocycles. The number of anilines is 2. The zero-order valence-corrected chi connectivity index (χ0v) is 13.8. The van der Waals surface area contributed by atoms with Gasteiger partial charge in [0.25, 0.3) is 0 Å². The van der Waals surface area contributed by atoms with Gasteiger partial charge in [-0.05, 0) is 49.2 Å². The average Bonchev–Trinajstić information content (AvgIpc) is 2.43. The van der Waals surface area contributed by atoms with E-state index in [1.165, 1.54) is 5.56 Å². The van der Waals surface area contributed by atoms with Crippen LogP contribution in [0.1, 0.15) is 17.5 Å². The van der Waals surface area contributed by atoms with Crippen LogP contribution in [0.2, 0.25) is 0 Å². The van der Waals surface area contributed by atoms with Crippen LogP contribution in [0.15, 0.2) is 46.9 Å². The van der Waals surface area contributed by atoms with Crippen LogP contribution in [0.3, 0.4) is 0 Å². The summed E-state index contributed by atoms with van der Waals surface area (Å²) < 4.78 is 0.998. The lowest BCUT2D eigenvalue weighted by Gasteiger charge is -2.09. The largest absolute Gasteiger partial charge is 0.385 e. The molecule has 0 spiro atoms. The number of benzene rings is 2. The Morgan fingerprint density at radius 3 is 2.62 bits per heavy atom. The van der Waals surface area contributed by atoms with Crippen molar-refractivity contribution < 1.29 is 4.79 Å². The fourth-order valence-corrected chi connectivity index (χ4v) is 2.35. The Balaban J connectivity index is 1.81. The maximum absolute atomic E-state index is 11.9. The molecule has 3 nitrogen and oxygen atoms in total. The molecule has 0 fully saturated rings. The van der Waals surface area contributed by atoms with Crippen LogP contribution >= 0.6 is 15.9 Å². The smallest absolute Gasteiger partial charge is 0.226 e. The van der Waals surface area contributed by atoms with E-state index in [0.717, 1.165) is 21.4 Å². The molecule has 1 amide bonds. The van der Waals surface area contributed by atoms with E-state index in [9.17, 15) is 4.79 Å². The third-order valence-corrected chi connectivity index (χ3v) is 4.01. The maximum atomic E-state index is 11.9. The van der Waals surface area contributed by atoms with Gasteiger partial charge < -0.3 is 10.6 Å². The summed E-state index contributed by atoms with van der Waals surface area (Å²) in [5.41, 5.74) is 4.21. The van der Waals surface area contributed by atoms with Crippen LogP contribution in [0.4, 0.5) is 11.4 Å². The first-order valence-electron chi connectivity index (χ1n) is 6.91. The minimum atomic E-state index is 0.00547. The second kappa shape index (κ2) is 7.27. The van der Waals surface area contributed by atoms with Crippen LogP contribution in [-0.4, -0.2) is 12.5 Å². The first-order valence-corrected chi connectivity index (χ1v) is 7.70.